The fourth-order valence-electron chi connectivity index (χ4n) is 6.66. The molecule has 5 atom stereocenters. The zero-order chi connectivity index (χ0) is 16.2. The predicted octanol–water partition coefficient (Wildman–Crippen LogP) is 5.75. The van der Waals surface area contributed by atoms with E-state index in [1.807, 2.05) is 0 Å². The lowest BCUT2D eigenvalue weighted by molar-refractivity contribution is -0.0291. The summed E-state index contributed by atoms with van der Waals surface area (Å²) in [6.45, 7) is 11.3. The second kappa shape index (κ2) is 5.26. The molecular weight excluding hydrogens is 278 g/mol. The third-order valence-electron chi connectivity index (χ3n) is 7.53. The summed E-state index contributed by atoms with van der Waals surface area (Å²) in [5.41, 5.74) is 2.25. The van der Waals surface area contributed by atoms with Gasteiger partial charge in [0.25, 0.3) is 0 Å². The third-order valence-corrected chi connectivity index (χ3v) is 7.53. The first kappa shape index (κ1) is 15.5. The summed E-state index contributed by atoms with van der Waals surface area (Å²) in [7, 11) is 0. The number of rotatable bonds is 1. The van der Waals surface area contributed by atoms with E-state index in [4.69, 9.17) is 0 Å². The van der Waals surface area contributed by atoms with E-state index in [0.717, 1.165) is 23.7 Å². The molecule has 5 unspecified atom stereocenters. The van der Waals surface area contributed by atoms with Crippen molar-refractivity contribution >= 4 is 5.69 Å². The third kappa shape index (κ3) is 2.42. The molecule has 2 bridgehead atoms. The van der Waals surface area contributed by atoms with Crippen molar-refractivity contribution in [3.05, 3.63) is 30.3 Å². The number of benzene rings is 1. The fourth-order valence-corrected chi connectivity index (χ4v) is 6.66. The highest BCUT2D eigenvalue weighted by molar-refractivity contribution is 5.51. The Hall–Kier alpha value is -0.980. The van der Waals surface area contributed by atoms with E-state index >= 15 is 0 Å². The van der Waals surface area contributed by atoms with Crippen molar-refractivity contribution < 1.29 is 0 Å². The molecule has 2 saturated carbocycles. The van der Waals surface area contributed by atoms with Crippen molar-refractivity contribution in [1.29, 1.82) is 0 Å². The van der Waals surface area contributed by atoms with Gasteiger partial charge in [-0.25, -0.2) is 0 Å². The van der Waals surface area contributed by atoms with Gasteiger partial charge in [0, 0.05) is 17.8 Å². The van der Waals surface area contributed by atoms with E-state index in [0.29, 0.717) is 5.41 Å². The van der Waals surface area contributed by atoms with Gasteiger partial charge in [0.05, 0.1) is 0 Å². The summed E-state index contributed by atoms with van der Waals surface area (Å²) in [6, 6.07) is 11.1. The van der Waals surface area contributed by atoms with Crippen molar-refractivity contribution in [2.45, 2.75) is 65.3 Å². The number of hydrogen-bond acceptors (Lipinski definition) is 1. The molecule has 1 saturated heterocycles. The highest BCUT2D eigenvalue weighted by Gasteiger charge is 2.58. The molecule has 0 N–H and O–H groups in total. The van der Waals surface area contributed by atoms with Crippen LogP contribution in [0.25, 0.3) is 0 Å². The summed E-state index contributed by atoms with van der Waals surface area (Å²) in [5.74, 6) is 3.79. The number of fused-ring (bicyclic) bond motifs is 3. The van der Waals surface area contributed by atoms with Crippen molar-refractivity contribution in [3.63, 3.8) is 0 Å². The molecule has 1 spiro atoms. The van der Waals surface area contributed by atoms with Gasteiger partial charge in [-0.2, -0.15) is 0 Å². The minimum Gasteiger partial charge on any atom is -0.366 e. The SMILES string of the molecule is CC1CC2CC(C)C3(CN(c4ccccc4)C(C)(C)C3)C(C1)C2. The van der Waals surface area contributed by atoms with Crippen LogP contribution in [0.15, 0.2) is 30.3 Å². The van der Waals surface area contributed by atoms with Gasteiger partial charge in [-0.1, -0.05) is 32.0 Å². The molecule has 23 heavy (non-hydrogen) atoms. The number of para-hydroxylation sites is 1. The quantitative estimate of drug-likeness (QED) is 0.638. The lowest BCUT2D eigenvalue weighted by Gasteiger charge is -2.53. The van der Waals surface area contributed by atoms with Gasteiger partial charge >= 0.3 is 0 Å². The van der Waals surface area contributed by atoms with Crippen LogP contribution in [-0.4, -0.2) is 12.1 Å². The zero-order valence-electron chi connectivity index (χ0n) is 15.4. The molecule has 0 aromatic heterocycles. The highest BCUT2D eigenvalue weighted by Crippen LogP contribution is 2.61. The normalized spacial score (nSPS) is 42.2. The Morgan fingerprint density at radius 2 is 1.70 bits per heavy atom. The molecule has 3 fully saturated rings. The van der Waals surface area contributed by atoms with Crippen molar-refractivity contribution in [1.82, 2.24) is 0 Å². The Morgan fingerprint density at radius 1 is 0.957 bits per heavy atom. The first-order valence-electron chi connectivity index (χ1n) is 9.73. The molecule has 1 aliphatic heterocycles. The standard InChI is InChI=1S/C22H33N/c1-16-10-18-12-17(2)22(19(11-16)13-18)14-21(3,4)23(15-22)20-8-6-5-7-9-20/h5-9,16-19H,10-15H2,1-4H3. The summed E-state index contributed by atoms with van der Waals surface area (Å²) >= 11 is 0. The Kier molecular flexibility index (Phi) is 3.55. The predicted molar refractivity (Wildman–Crippen MR) is 98.7 cm³/mol. The number of hydrogen-bond donors (Lipinski definition) is 0. The molecular formula is C22H33N. The fraction of sp³-hybridized carbons (Fsp3) is 0.727. The van der Waals surface area contributed by atoms with E-state index in [2.05, 4.69) is 62.9 Å². The van der Waals surface area contributed by atoms with Gasteiger partial charge in [0.2, 0.25) is 0 Å². The van der Waals surface area contributed by atoms with Crippen LogP contribution in [0.5, 0.6) is 0 Å². The molecule has 1 aromatic rings. The van der Waals surface area contributed by atoms with E-state index in [-0.39, 0.29) is 5.54 Å². The largest absolute Gasteiger partial charge is 0.366 e. The van der Waals surface area contributed by atoms with Crippen molar-refractivity contribution in [3.8, 4) is 0 Å². The monoisotopic (exact) mass is 311 g/mol. The second-order valence-corrected chi connectivity index (χ2v) is 9.66. The molecule has 1 heterocycles. The number of anilines is 1. The molecule has 0 radical (unpaired) electrons. The maximum atomic E-state index is 2.73. The first-order chi connectivity index (χ1) is 10.9. The first-order valence-corrected chi connectivity index (χ1v) is 9.73. The van der Waals surface area contributed by atoms with Crippen LogP contribution in [-0.2, 0) is 0 Å². The van der Waals surface area contributed by atoms with E-state index in [9.17, 15) is 0 Å². The van der Waals surface area contributed by atoms with Crippen LogP contribution < -0.4 is 4.90 Å². The van der Waals surface area contributed by atoms with E-state index < -0.39 is 0 Å². The topological polar surface area (TPSA) is 3.24 Å². The van der Waals surface area contributed by atoms with Crippen LogP contribution in [0.1, 0.15) is 59.8 Å². The van der Waals surface area contributed by atoms with Gasteiger partial charge in [-0.3, -0.25) is 0 Å². The number of nitrogens with zero attached hydrogens (tertiary/aromatic N) is 1. The molecule has 4 rings (SSSR count). The lowest BCUT2D eigenvalue weighted by Crippen LogP contribution is -2.48. The van der Waals surface area contributed by atoms with Gasteiger partial charge in [-0.15, -0.1) is 0 Å². The van der Waals surface area contributed by atoms with Gasteiger partial charge < -0.3 is 4.90 Å². The zero-order valence-corrected chi connectivity index (χ0v) is 15.4. The molecule has 1 nitrogen and oxygen atoms in total. The molecule has 1 heteroatoms. The molecule has 1 aromatic carbocycles. The van der Waals surface area contributed by atoms with Crippen LogP contribution in [0, 0.1) is 29.1 Å². The summed E-state index contributed by atoms with van der Waals surface area (Å²) in [4.78, 5) is 2.73. The van der Waals surface area contributed by atoms with Gasteiger partial charge in [0.1, 0.15) is 0 Å². The lowest BCUT2D eigenvalue weighted by atomic mass is 9.51. The highest BCUT2D eigenvalue weighted by atomic mass is 15.2. The average molecular weight is 312 g/mol. The van der Waals surface area contributed by atoms with Crippen molar-refractivity contribution in [2.24, 2.45) is 29.1 Å². The maximum Gasteiger partial charge on any atom is 0.0370 e. The van der Waals surface area contributed by atoms with E-state index in [1.54, 1.807) is 0 Å². The van der Waals surface area contributed by atoms with Gasteiger partial charge in [0.15, 0.2) is 0 Å². The Balaban J connectivity index is 1.69. The Bertz CT molecular complexity index is 559. The maximum absolute atomic E-state index is 2.73. The summed E-state index contributed by atoms with van der Waals surface area (Å²) < 4.78 is 0. The summed E-state index contributed by atoms with van der Waals surface area (Å²) in [6.07, 6.45) is 7.31. The average Bonchev–Trinajstić information content (AvgIpc) is 2.79. The Morgan fingerprint density at radius 3 is 2.43 bits per heavy atom. The summed E-state index contributed by atoms with van der Waals surface area (Å²) in [5, 5.41) is 0. The van der Waals surface area contributed by atoms with Crippen LogP contribution in [0.3, 0.4) is 0 Å². The smallest absolute Gasteiger partial charge is 0.0370 e. The minimum atomic E-state index is 0.281. The Labute approximate surface area is 142 Å². The second-order valence-electron chi connectivity index (χ2n) is 9.66. The van der Waals surface area contributed by atoms with Crippen molar-refractivity contribution in [2.75, 3.05) is 11.4 Å². The molecule has 3 aliphatic rings. The minimum absolute atomic E-state index is 0.281. The molecule has 0 amide bonds. The molecule has 2 aliphatic carbocycles. The van der Waals surface area contributed by atoms with Crippen LogP contribution in [0.4, 0.5) is 5.69 Å². The van der Waals surface area contributed by atoms with Gasteiger partial charge in [-0.05, 0) is 87.2 Å². The van der Waals surface area contributed by atoms with E-state index in [1.165, 1.54) is 44.3 Å². The molecule has 126 valence electrons. The van der Waals surface area contributed by atoms with Crippen LogP contribution >= 0.6 is 0 Å². The van der Waals surface area contributed by atoms with Crippen LogP contribution in [0.2, 0.25) is 0 Å².